The number of carbonyl (C=O) groups excluding carboxylic acids is 1. The standard InChI is InChI=1S/C21H23Cl2N3O3/c1-12(27)25-26-18-10-15(22)9-17(23)20(18)16(11-19(26)21(28)29)14-6-4-13(5-7-14)3-2-8-24/h4-7,9-10,16,19H,2-3,8,11,24H2,1H3,(H,25,27)(H,28,29)/t16-,19-/m0/s1. The maximum atomic E-state index is 12.0. The van der Waals surface area contributed by atoms with Gasteiger partial charge in [0.25, 0.3) is 0 Å². The minimum atomic E-state index is -1.04. The topological polar surface area (TPSA) is 95.7 Å². The monoisotopic (exact) mass is 435 g/mol. The Hall–Kier alpha value is -2.28. The van der Waals surface area contributed by atoms with Crippen molar-refractivity contribution in [1.82, 2.24) is 5.43 Å². The van der Waals surface area contributed by atoms with Crippen LogP contribution in [0.1, 0.15) is 42.4 Å². The van der Waals surface area contributed by atoms with E-state index in [0.29, 0.717) is 22.3 Å². The molecule has 0 spiro atoms. The van der Waals surface area contributed by atoms with Gasteiger partial charge in [0.1, 0.15) is 6.04 Å². The van der Waals surface area contributed by atoms with E-state index in [0.717, 1.165) is 24.0 Å². The lowest BCUT2D eigenvalue weighted by atomic mass is 9.81. The number of nitrogens with zero attached hydrogens (tertiary/aromatic N) is 1. The van der Waals surface area contributed by atoms with Gasteiger partial charge in [-0.15, -0.1) is 0 Å². The van der Waals surface area contributed by atoms with Crippen molar-refractivity contribution in [1.29, 1.82) is 0 Å². The molecule has 0 saturated heterocycles. The second kappa shape index (κ2) is 9.03. The zero-order valence-corrected chi connectivity index (χ0v) is 17.5. The number of amides is 1. The Morgan fingerprint density at radius 2 is 1.93 bits per heavy atom. The fourth-order valence-corrected chi connectivity index (χ4v) is 4.39. The van der Waals surface area contributed by atoms with Crippen LogP contribution in [0.2, 0.25) is 10.0 Å². The number of hydrogen-bond donors (Lipinski definition) is 3. The molecule has 0 bridgehead atoms. The third-order valence-electron chi connectivity index (χ3n) is 5.07. The number of aliphatic carboxylic acids is 1. The molecule has 4 N–H and O–H groups in total. The van der Waals surface area contributed by atoms with Gasteiger partial charge in [0.05, 0.1) is 5.69 Å². The summed E-state index contributed by atoms with van der Waals surface area (Å²) in [5.41, 5.74) is 11.6. The number of aryl methyl sites for hydroxylation is 1. The first-order chi connectivity index (χ1) is 13.8. The molecule has 0 radical (unpaired) electrons. The Morgan fingerprint density at radius 1 is 1.24 bits per heavy atom. The molecule has 29 heavy (non-hydrogen) atoms. The normalized spacial score (nSPS) is 18.3. The highest BCUT2D eigenvalue weighted by Crippen LogP contribution is 2.46. The predicted octanol–water partition coefficient (Wildman–Crippen LogP) is 3.73. The van der Waals surface area contributed by atoms with Crippen LogP contribution in [0.5, 0.6) is 0 Å². The highest BCUT2D eigenvalue weighted by molar-refractivity contribution is 6.35. The SMILES string of the molecule is CC(=O)NN1c2cc(Cl)cc(Cl)c2[C@H](c2ccc(CCCN)cc2)C[C@H]1C(=O)O. The summed E-state index contributed by atoms with van der Waals surface area (Å²) in [6.07, 6.45) is 2.05. The minimum absolute atomic E-state index is 0.246. The molecule has 1 amide bonds. The van der Waals surface area contributed by atoms with E-state index in [1.165, 1.54) is 17.5 Å². The average Bonchev–Trinajstić information content (AvgIpc) is 2.66. The fourth-order valence-electron chi connectivity index (χ4n) is 3.77. The van der Waals surface area contributed by atoms with E-state index in [1.54, 1.807) is 12.1 Å². The number of nitrogens with one attached hydrogen (secondary N) is 1. The molecule has 1 aliphatic rings. The van der Waals surface area contributed by atoms with Gasteiger partial charge in [-0.1, -0.05) is 47.5 Å². The molecule has 2 atom stereocenters. The first kappa shape index (κ1) is 21.4. The lowest BCUT2D eigenvalue weighted by Gasteiger charge is -2.40. The maximum Gasteiger partial charge on any atom is 0.328 e. The lowest BCUT2D eigenvalue weighted by molar-refractivity contribution is -0.139. The van der Waals surface area contributed by atoms with Crippen LogP contribution in [0.15, 0.2) is 36.4 Å². The van der Waals surface area contributed by atoms with Crippen molar-refractivity contribution in [3.8, 4) is 0 Å². The molecule has 3 rings (SSSR count). The number of halogens is 2. The summed E-state index contributed by atoms with van der Waals surface area (Å²) in [7, 11) is 0. The van der Waals surface area contributed by atoms with Crippen molar-refractivity contribution in [2.24, 2.45) is 5.73 Å². The number of carbonyl (C=O) groups is 2. The van der Waals surface area contributed by atoms with Crippen LogP contribution in [-0.4, -0.2) is 29.6 Å². The summed E-state index contributed by atoms with van der Waals surface area (Å²) in [5, 5.41) is 12.0. The van der Waals surface area contributed by atoms with Gasteiger partial charge in [0, 0.05) is 28.5 Å². The molecule has 0 aromatic heterocycles. The molecular formula is C21H23Cl2N3O3. The third-order valence-corrected chi connectivity index (χ3v) is 5.60. The van der Waals surface area contributed by atoms with Crippen LogP contribution in [0.3, 0.4) is 0 Å². The van der Waals surface area contributed by atoms with Crippen molar-refractivity contribution in [3.63, 3.8) is 0 Å². The number of anilines is 1. The van der Waals surface area contributed by atoms with E-state index in [-0.39, 0.29) is 18.2 Å². The second-order valence-corrected chi connectivity index (χ2v) is 7.98. The number of benzene rings is 2. The van der Waals surface area contributed by atoms with E-state index in [4.69, 9.17) is 28.9 Å². The molecule has 2 aromatic carbocycles. The van der Waals surface area contributed by atoms with Gasteiger partial charge in [-0.3, -0.25) is 15.2 Å². The molecule has 1 aliphatic heterocycles. The molecule has 8 heteroatoms. The molecule has 0 unspecified atom stereocenters. The van der Waals surface area contributed by atoms with Crippen molar-refractivity contribution in [2.45, 2.75) is 38.1 Å². The molecule has 1 heterocycles. The summed E-state index contributed by atoms with van der Waals surface area (Å²) < 4.78 is 0. The average molecular weight is 436 g/mol. The van der Waals surface area contributed by atoms with Crippen LogP contribution in [0.4, 0.5) is 5.69 Å². The van der Waals surface area contributed by atoms with E-state index < -0.39 is 12.0 Å². The van der Waals surface area contributed by atoms with Crippen molar-refractivity contribution in [2.75, 3.05) is 11.6 Å². The Morgan fingerprint density at radius 3 is 2.52 bits per heavy atom. The third kappa shape index (κ3) is 4.66. The summed E-state index contributed by atoms with van der Waals surface area (Å²) in [5.74, 6) is -1.66. The zero-order valence-electron chi connectivity index (χ0n) is 16.0. The molecule has 2 aromatic rings. The molecule has 0 saturated carbocycles. The van der Waals surface area contributed by atoms with Crippen LogP contribution < -0.4 is 16.2 Å². The van der Waals surface area contributed by atoms with E-state index in [1.807, 2.05) is 24.3 Å². The highest BCUT2D eigenvalue weighted by Gasteiger charge is 2.39. The number of nitrogens with two attached hydrogens (primary N) is 1. The van der Waals surface area contributed by atoms with Gasteiger partial charge in [-0.25, -0.2) is 4.79 Å². The number of carboxylic acid groups (broad SMARTS) is 1. The Bertz CT molecular complexity index is 918. The van der Waals surface area contributed by atoms with Gasteiger partial charge < -0.3 is 10.8 Å². The van der Waals surface area contributed by atoms with Crippen LogP contribution >= 0.6 is 23.2 Å². The Labute approximate surface area is 179 Å². The van der Waals surface area contributed by atoms with Crippen LogP contribution in [0.25, 0.3) is 0 Å². The number of hydrazine groups is 1. The Balaban J connectivity index is 2.08. The highest BCUT2D eigenvalue weighted by atomic mass is 35.5. The number of hydrogen-bond acceptors (Lipinski definition) is 4. The van der Waals surface area contributed by atoms with Gasteiger partial charge in [0.15, 0.2) is 0 Å². The quantitative estimate of drug-likeness (QED) is 0.642. The largest absolute Gasteiger partial charge is 0.480 e. The smallest absolute Gasteiger partial charge is 0.328 e. The number of rotatable bonds is 6. The van der Waals surface area contributed by atoms with Gasteiger partial charge in [-0.2, -0.15) is 0 Å². The van der Waals surface area contributed by atoms with Gasteiger partial charge >= 0.3 is 5.97 Å². The van der Waals surface area contributed by atoms with Gasteiger partial charge in [0.2, 0.25) is 5.91 Å². The number of carboxylic acids is 1. The van der Waals surface area contributed by atoms with E-state index in [2.05, 4.69) is 5.43 Å². The minimum Gasteiger partial charge on any atom is -0.480 e. The van der Waals surface area contributed by atoms with E-state index >= 15 is 0 Å². The van der Waals surface area contributed by atoms with Crippen molar-refractivity contribution in [3.05, 3.63) is 63.1 Å². The lowest BCUT2D eigenvalue weighted by Crippen LogP contribution is -2.54. The van der Waals surface area contributed by atoms with E-state index in [9.17, 15) is 14.7 Å². The molecular weight excluding hydrogens is 413 g/mol. The summed E-state index contributed by atoms with van der Waals surface area (Å²) >= 11 is 12.7. The maximum absolute atomic E-state index is 12.0. The fraction of sp³-hybridized carbons (Fsp3) is 0.333. The molecule has 0 aliphatic carbocycles. The predicted molar refractivity (Wildman–Crippen MR) is 114 cm³/mol. The first-order valence-electron chi connectivity index (χ1n) is 9.39. The van der Waals surface area contributed by atoms with Crippen molar-refractivity contribution < 1.29 is 14.7 Å². The summed E-state index contributed by atoms with van der Waals surface area (Å²) in [6.45, 7) is 1.96. The molecule has 6 nitrogen and oxygen atoms in total. The van der Waals surface area contributed by atoms with Gasteiger partial charge in [-0.05, 0) is 49.1 Å². The Kier molecular flexibility index (Phi) is 6.67. The first-order valence-corrected chi connectivity index (χ1v) is 10.1. The van der Waals surface area contributed by atoms with Crippen molar-refractivity contribution >= 4 is 40.8 Å². The molecule has 0 fully saturated rings. The second-order valence-electron chi connectivity index (χ2n) is 7.13. The summed E-state index contributed by atoms with van der Waals surface area (Å²) in [6, 6.07) is 10.4. The molecule has 154 valence electrons. The van der Waals surface area contributed by atoms with Crippen LogP contribution in [0, 0.1) is 0 Å². The van der Waals surface area contributed by atoms with Crippen LogP contribution in [-0.2, 0) is 16.0 Å². The zero-order chi connectivity index (χ0) is 21.1. The summed E-state index contributed by atoms with van der Waals surface area (Å²) in [4.78, 5) is 23.7. The number of fused-ring (bicyclic) bond motifs is 1.